The molecule has 1 aromatic carbocycles. The maximum absolute atomic E-state index is 6.46. The van der Waals surface area contributed by atoms with Gasteiger partial charge >= 0.3 is 0 Å². The highest BCUT2D eigenvalue weighted by molar-refractivity contribution is 6.30. The van der Waals surface area contributed by atoms with Gasteiger partial charge in [0.25, 0.3) is 0 Å². The lowest BCUT2D eigenvalue weighted by atomic mass is 9.90. The van der Waals surface area contributed by atoms with E-state index in [1.54, 1.807) is 12.4 Å². The van der Waals surface area contributed by atoms with Gasteiger partial charge in [-0.15, -0.1) is 0 Å². The molecule has 1 aliphatic heterocycles. The SMILES string of the molecule is NC(c1ncc2c(-c3ccnc(NCc4cccc(Cl)c4)n3)[nH]nc2n1)C1CCNCC1. The Bertz CT molecular complexity index is 1220. The van der Waals surface area contributed by atoms with Gasteiger partial charge in [0.1, 0.15) is 5.82 Å². The summed E-state index contributed by atoms with van der Waals surface area (Å²) in [5.74, 6) is 1.52. The number of hydrogen-bond acceptors (Lipinski definition) is 8. The topological polar surface area (TPSA) is 130 Å². The number of piperidine rings is 1. The second kappa shape index (κ2) is 9.15. The summed E-state index contributed by atoms with van der Waals surface area (Å²) in [7, 11) is 0. The largest absolute Gasteiger partial charge is 0.350 e. The van der Waals surface area contributed by atoms with Crippen LogP contribution in [0.3, 0.4) is 0 Å². The Hall–Kier alpha value is -3.14. The fourth-order valence-electron chi connectivity index (χ4n) is 4.00. The third-order valence-electron chi connectivity index (χ3n) is 5.77. The minimum atomic E-state index is -0.192. The summed E-state index contributed by atoms with van der Waals surface area (Å²) in [5.41, 5.74) is 9.54. The molecule has 4 aromatic rings. The third-order valence-corrected chi connectivity index (χ3v) is 6.01. The smallest absolute Gasteiger partial charge is 0.223 e. The van der Waals surface area contributed by atoms with Crippen molar-refractivity contribution in [3.05, 3.63) is 59.1 Å². The summed E-state index contributed by atoms with van der Waals surface area (Å²) in [6, 6.07) is 9.30. The van der Waals surface area contributed by atoms with Gasteiger partial charge in [0.05, 0.1) is 22.8 Å². The quantitative estimate of drug-likeness (QED) is 0.353. The Labute approximate surface area is 190 Å². The van der Waals surface area contributed by atoms with Crippen LogP contribution in [0.4, 0.5) is 5.95 Å². The van der Waals surface area contributed by atoms with E-state index in [-0.39, 0.29) is 6.04 Å². The molecule has 0 aliphatic carbocycles. The van der Waals surface area contributed by atoms with Crippen LogP contribution in [0.2, 0.25) is 5.02 Å². The van der Waals surface area contributed by atoms with Crippen LogP contribution < -0.4 is 16.4 Å². The van der Waals surface area contributed by atoms with Crippen molar-refractivity contribution in [3.8, 4) is 11.4 Å². The molecule has 9 nitrogen and oxygen atoms in total. The number of anilines is 1. The Balaban J connectivity index is 1.36. The number of halogens is 1. The molecule has 10 heteroatoms. The highest BCUT2D eigenvalue weighted by Crippen LogP contribution is 2.28. The molecule has 32 heavy (non-hydrogen) atoms. The van der Waals surface area contributed by atoms with Crippen molar-refractivity contribution in [2.45, 2.75) is 25.4 Å². The Morgan fingerprint density at radius 1 is 1.16 bits per heavy atom. The lowest BCUT2D eigenvalue weighted by molar-refractivity contribution is 0.314. The Morgan fingerprint density at radius 3 is 2.88 bits per heavy atom. The van der Waals surface area contributed by atoms with E-state index in [1.807, 2.05) is 30.3 Å². The molecular weight excluding hydrogens is 426 g/mol. The zero-order chi connectivity index (χ0) is 21.9. The van der Waals surface area contributed by atoms with Crippen molar-refractivity contribution in [3.63, 3.8) is 0 Å². The Kier molecular flexibility index (Phi) is 5.93. The molecule has 5 rings (SSSR count). The predicted molar refractivity (Wildman–Crippen MR) is 124 cm³/mol. The first-order valence-corrected chi connectivity index (χ1v) is 11.0. The fourth-order valence-corrected chi connectivity index (χ4v) is 4.21. The molecule has 5 N–H and O–H groups in total. The minimum absolute atomic E-state index is 0.192. The van der Waals surface area contributed by atoms with Crippen LogP contribution in [-0.2, 0) is 6.54 Å². The van der Waals surface area contributed by atoms with Crippen molar-refractivity contribution in [1.29, 1.82) is 0 Å². The van der Waals surface area contributed by atoms with Gasteiger partial charge in [0.15, 0.2) is 5.65 Å². The molecule has 0 amide bonds. The average molecular weight is 450 g/mol. The first-order valence-electron chi connectivity index (χ1n) is 10.7. The molecule has 0 bridgehead atoms. The van der Waals surface area contributed by atoms with Crippen LogP contribution >= 0.6 is 11.6 Å². The standard InChI is InChI=1S/C22H24ClN9/c23-15-3-1-2-13(10-15)11-28-22-26-9-6-17(29-22)19-16-12-27-21(30-20(16)32-31-19)18(24)14-4-7-25-8-5-14/h1-3,6,9-10,12,14,18,25H,4-5,7-8,11,24H2,(H,26,28,29)(H,27,30,31,32). The second-order valence-corrected chi connectivity index (χ2v) is 8.36. The van der Waals surface area contributed by atoms with Crippen LogP contribution in [0, 0.1) is 5.92 Å². The molecule has 3 aromatic heterocycles. The van der Waals surface area contributed by atoms with Gasteiger partial charge in [-0.3, -0.25) is 5.10 Å². The van der Waals surface area contributed by atoms with E-state index in [0.29, 0.717) is 40.6 Å². The van der Waals surface area contributed by atoms with E-state index in [4.69, 9.17) is 17.3 Å². The summed E-state index contributed by atoms with van der Waals surface area (Å²) in [6.07, 6.45) is 5.54. The number of aromatic amines is 1. The van der Waals surface area contributed by atoms with Gasteiger partial charge in [-0.2, -0.15) is 5.10 Å². The highest BCUT2D eigenvalue weighted by Gasteiger charge is 2.24. The zero-order valence-electron chi connectivity index (χ0n) is 17.4. The summed E-state index contributed by atoms with van der Waals surface area (Å²) < 4.78 is 0. The van der Waals surface area contributed by atoms with Gasteiger partial charge < -0.3 is 16.4 Å². The van der Waals surface area contributed by atoms with Gasteiger partial charge in [-0.05, 0) is 55.6 Å². The molecule has 0 saturated carbocycles. The summed E-state index contributed by atoms with van der Waals surface area (Å²) in [6.45, 7) is 2.53. The molecular formula is C22H24ClN9. The second-order valence-electron chi connectivity index (χ2n) is 7.93. The molecule has 1 unspecified atom stereocenters. The zero-order valence-corrected chi connectivity index (χ0v) is 18.2. The number of fused-ring (bicyclic) bond motifs is 1. The number of rotatable bonds is 6. The maximum atomic E-state index is 6.46. The lowest BCUT2D eigenvalue weighted by Crippen LogP contribution is -2.34. The van der Waals surface area contributed by atoms with E-state index >= 15 is 0 Å². The van der Waals surface area contributed by atoms with Crippen LogP contribution in [0.25, 0.3) is 22.4 Å². The first kappa shape index (κ1) is 20.7. The molecule has 0 radical (unpaired) electrons. The Morgan fingerprint density at radius 2 is 2.03 bits per heavy atom. The van der Waals surface area contributed by atoms with E-state index in [0.717, 1.165) is 42.6 Å². The van der Waals surface area contributed by atoms with Gasteiger partial charge in [0.2, 0.25) is 5.95 Å². The maximum Gasteiger partial charge on any atom is 0.223 e. The molecule has 1 fully saturated rings. The summed E-state index contributed by atoms with van der Waals surface area (Å²) in [5, 5.41) is 15.5. The van der Waals surface area contributed by atoms with Crippen molar-refractivity contribution < 1.29 is 0 Å². The van der Waals surface area contributed by atoms with Crippen LogP contribution in [0.1, 0.15) is 30.3 Å². The number of nitrogens with one attached hydrogen (secondary N) is 3. The number of benzene rings is 1. The number of hydrogen-bond donors (Lipinski definition) is 4. The number of nitrogens with zero attached hydrogens (tertiary/aromatic N) is 5. The van der Waals surface area contributed by atoms with Crippen LogP contribution in [-0.4, -0.2) is 43.2 Å². The average Bonchev–Trinajstić information content (AvgIpc) is 3.26. The molecule has 1 aliphatic rings. The molecule has 0 spiro atoms. The predicted octanol–water partition coefficient (Wildman–Crippen LogP) is 3.07. The van der Waals surface area contributed by atoms with Crippen molar-refractivity contribution in [1.82, 2.24) is 35.5 Å². The minimum Gasteiger partial charge on any atom is -0.350 e. The molecule has 4 heterocycles. The number of aromatic nitrogens is 6. The van der Waals surface area contributed by atoms with Gasteiger partial charge in [0, 0.05) is 24.0 Å². The summed E-state index contributed by atoms with van der Waals surface area (Å²) in [4.78, 5) is 18.1. The molecule has 164 valence electrons. The lowest BCUT2D eigenvalue weighted by Gasteiger charge is -2.26. The fraction of sp³-hybridized carbons (Fsp3) is 0.318. The number of nitrogens with two attached hydrogens (primary N) is 1. The van der Waals surface area contributed by atoms with E-state index in [9.17, 15) is 0 Å². The van der Waals surface area contributed by atoms with Crippen LogP contribution in [0.15, 0.2) is 42.7 Å². The van der Waals surface area contributed by atoms with E-state index in [1.165, 1.54) is 0 Å². The summed E-state index contributed by atoms with van der Waals surface area (Å²) >= 11 is 6.06. The number of H-pyrrole nitrogens is 1. The highest BCUT2D eigenvalue weighted by atomic mass is 35.5. The monoisotopic (exact) mass is 449 g/mol. The normalized spacial score (nSPS) is 15.7. The van der Waals surface area contributed by atoms with Crippen molar-refractivity contribution in [2.75, 3.05) is 18.4 Å². The van der Waals surface area contributed by atoms with E-state index < -0.39 is 0 Å². The molecule has 1 saturated heterocycles. The van der Waals surface area contributed by atoms with Gasteiger partial charge in [-0.1, -0.05) is 23.7 Å². The van der Waals surface area contributed by atoms with Gasteiger partial charge in [-0.25, -0.2) is 19.9 Å². The van der Waals surface area contributed by atoms with Crippen molar-refractivity contribution in [2.24, 2.45) is 11.7 Å². The molecule has 1 atom stereocenters. The van der Waals surface area contributed by atoms with Crippen molar-refractivity contribution >= 4 is 28.6 Å². The first-order chi connectivity index (χ1) is 15.7. The van der Waals surface area contributed by atoms with E-state index in [2.05, 4.69) is 40.8 Å². The van der Waals surface area contributed by atoms with Crippen LogP contribution in [0.5, 0.6) is 0 Å². The third kappa shape index (κ3) is 4.40.